The van der Waals surface area contributed by atoms with Crippen molar-refractivity contribution in [2.75, 3.05) is 12.4 Å². The highest BCUT2D eigenvalue weighted by atomic mass is 32.1. The van der Waals surface area contributed by atoms with E-state index >= 15 is 0 Å². The molecule has 3 unspecified atom stereocenters. The highest BCUT2D eigenvalue weighted by Gasteiger charge is 2.21. The highest BCUT2D eigenvalue weighted by Crippen LogP contribution is 1.96. The van der Waals surface area contributed by atoms with E-state index in [2.05, 4.69) is 23.3 Å². The van der Waals surface area contributed by atoms with Crippen molar-refractivity contribution in [2.24, 2.45) is 5.73 Å². The van der Waals surface area contributed by atoms with Crippen molar-refractivity contribution in [1.29, 1.82) is 0 Å². The lowest BCUT2D eigenvalue weighted by atomic mass is 10.2. The Bertz CT molecular complexity index is 312. The molecule has 0 heterocycles. The van der Waals surface area contributed by atoms with Crippen LogP contribution in [0.5, 0.6) is 0 Å². The molecule has 0 rings (SSSR count). The van der Waals surface area contributed by atoms with Gasteiger partial charge in [0.05, 0.1) is 6.61 Å². The number of carbonyl (C=O) groups is 3. The molecule has 2 amide bonds. The molecule has 0 aliphatic carbocycles. The first-order valence-electron chi connectivity index (χ1n) is 5.96. The zero-order valence-electron chi connectivity index (χ0n) is 10.8. The van der Waals surface area contributed by atoms with Crippen LogP contribution in [-0.4, -0.2) is 53.7 Å². The van der Waals surface area contributed by atoms with E-state index in [4.69, 9.17) is 10.8 Å². The van der Waals surface area contributed by atoms with Gasteiger partial charge in [-0.15, -0.1) is 0 Å². The average molecular weight is 291 g/mol. The Morgan fingerprint density at radius 2 is 2.05 bits per heavy atom. The maximum Gasteiger partial charge on any atom is 0.244 e. The Balaban J connectivity index is 4.28. The maximum atomic E-state index is 11.7. The smallest absolute Gasteiger partial charge is 0.244 e. The SMILES string of the molecule is CC(N)CCC(=O)NC(CS)C(=O)NC(C=O)CO. The van der Waals surface area contributed by atoms with Crippen LogP contribution in [0.2, 0.25) is 0 Å². The summed E-state index contributed by atoms with van der Waals surface area (Å²) in [6.45, 7) is 1.29. The van der Waals surface area contributed by atoms with Crippen LogP contribution in [0.4, 0.5) is 0 Å². The summed E-state index contributed by atoms with van der Waals surface area (Å²) in [6, 6.07) is -1.92. The molecule has 0 spiro atoms. The quantitative estimate of drug-likeness (QED) is 0.254. The molecule has 8 heteroatoms. The summed E-state index contributed by atoms with van der Waals surface area (Å²) in [4.78, 5) is 33.7. The number of hydrogen-bond donors (Lipinski definition) is 5. The predicted molar refractivity (Wildman–Crippen MR) is 73.7 cm³/mol. The fraction of sp³-hybridized carbons (Fsp3) is 0.727. The van der Waals surface area contributed by atoms with Crippen molar-refractivity contribution in [3.8, 4) is 0 Å². The number of nitrogens with two attached hydrogens (primary N) is 1. The van der Waals surface area contributed by atoms with Gasteiger partial charge in [-0.2, -0.15) is 12.6 Å². The number of thiol groups is 1. The van der Waals surface area contributed by atoms with Gasteiger partial charge >= 0.3 is 0 Å². The van der Waals surface area contributed by atoms with Gasteiger partial charge in [0.25, 0.3) is 0 Å². The van der Waals surface area contributed by atoms with Gasteiger partial charge in [-0.25, -0.2) is 0 Å². The van der Waals surface area contributed by atoms with Crippen LogP contribution in [0.3, 0.4) is 0 Å². The number of nitrogens with one attached hydrogen (secondary N) is 2. The van der Waals surface area contributed by atoms with Crippen LogP contribution < -0.4 is 16.4 Å². The second kappa shape index (κ2) is 9.76. The molecule has 0 aromatic heterocycles. The number of hydrogen-bond acceptors (Lipinski definition) is 6. The van der Waals surface area contributed by atoms with Crippen molar-refractivity contribution < 1.29 is 19.5 Å². The molecule has 19 heavy (non-hydrogen) atoms. The number of aliphatic hydroxyl groups excluding tert-OH is 1. The molecule has 0 saturated carbocycles. The lowest BCUT2D eigenvalue weighted by Gasteiger charge is -2.18. The maximum absolute atomic E-state index is 11.7. The monoisotopic (exact) mass is 291 g/mol. The van der Waals surface area contributed by atoms with Gasteiger partial charge in [-0.05, 0) is 13.3 Å². The minimum atomic E-state index is -0.976. The van der Waals surface area contributed by atoms with Gasteiger partial charge in [-0.3, -0.25) is 9.59 Å². The third kappa shape index (κ3) is 7.81. The molecule has 0 radical (unpaired) electrons. The van der Waals surface area contributed by atoms with Crippen molar-refractivity contribution in [3.05, 3.63) is 0 Å². The molecule has 5 N–H and O–H groups in total. The van der Waals surface area contributed by atoms with E-state index in [9.17, 15) is 14.4 Å². The van der Waals surface area contributed by atoms with Crippen LogP contribution in [0.25, 0.3) is 0 Å². The number of amides is 2. The lowest BCUT2D eigenvalue weighted by molar-refractivity contribution is -0.129. The van der Waals surface area contributed by atoms with Gasteiger partial charge in [-0.1, -0.05) is 0 Å². The van der Waals surface area contributed by atoms with E-state index in [0.717, 1.165) is 0 Å². The molecular formula is C11H21N3O4S. The summed E-state index contributed by atoms with van der Waals surface area (Å²) in [5.41, 5.74) is 5.52. The minimum Gasteiger partial charge on any atom is -0.394 e. The van der Waals surface area contributed by atoms with Gasteiger partial charge in [0.2, 0.25) is 11.8 Å². The first-order valence-corrected chi connectivity index (χ1v) is 6.60. The Morgan fingerprint density at radius 1 is 1.42 bits per heavy atom. The summed E-state index contributed by atoms with van der Waals surface area (Å²) >= 11 is 3.97. The largest absolute Gasteiger partial charge is 0.394 e. The van der Waals surface area contributed by atoms with Crippen LogP contribution >= 0.6 is 12.6 Å². The third-order valence-electron chi connectivity index (χ3n) is 2.35. The molecule has 0 aliphatic rings. The highest BCUT2D eigenvalue weighted by molar-refractivity contribution is 7.80. The Hall–Kier alpha value is -1.12. The first kappa shape index (κ1) is 17.9. The van der Waals surface area contributed by atoms with Crippen LogP contribution in [0.15, 0.2) is 0 Å². The first-order chi connectivity index (χ1) is 8.94. The van der Waals surface area contributed by atoms with Crippen LogP contribution in [0, 0.1) is 0 Å². The summed E-state index contributed by atoms with van der Waals surface area (Å²) in [5, 5.41) is 13.6. The Labute approximate surface area is 117 Å². The van der Waals surface area contributed by atoms with E-state index in [1.807, 2.05) is 0 Å². The standard InChI is InChI=1S/C11H21N3O4S/c1-7(12)2-3-10(17)14-9(6-19)11(18)13-8(4-15)5-16/h4,7-9,16,19H,2-3,5-6,12H2,1H3,(H,13,18)(H,14,17). The second-order valence-corrected chi connectivity index (χ2v) is 4.62. The second-order valence-electron chi connectivity index (χ2n) is 4.25. The number of carbonyl (C=O) groups excluding carboxylic acids is 3. The van der Waals surface area contributed by atoms with Gasteiger partial charge in [0.15, 0.2) is 0 Å². The van der Waals surface area contributed by atoms with Gasteiger partial charge in [0, 0.05) is 18.2 Å². The predicted octanol–water partition coefficient (Wildman–Crippen LogP) is -1.80. The Kier molecular flexibility index (Phi) is 9.19. The van der Waals surface area contributed by atoms with Crippen LogP contribution in [0.1, 0.15) is 19.8 Å². The molecule has 7 nitrogen and oxygen atoms in total. The third-order valence-corrected chi connectivity index (χ3v) is 2.71. The molecule has 0 saturated heterocycles. The van der Waals surface area contributed by atoms with Gasteiger partial charge < -0.3 is 26.3 Å². The van der Waals surface area contributed by atoms with E-state index in [0.29, 0.717) is 12.7 Å². The normalized spacial score (nSPS) is 15.2. The molecular weight excluding hydrogens is 270 g/mol. The number of rotatable bonds is 9. The van der Waals surface area contributed by atoms with E-state index in [1.165, 1.54) is 0 Å². The lowest BCUT2D eigenvalue weighted by Crippen LogP contribution is -2.51. The molecule has 3 atom stereocenters. The van der Waals surface area contributed by atoms with Crippen molar-refractivity contribution in [3.63, 3.8) is 0 Å². The summed E-state index contributed by atoms with van der Waals surface area (Å²) in [7, 11) is 0. The zero-order valence-corrected chi connectivity index (χ0v) is 11.7. The molecule has 0 aromatic carbocycles. The topological polar surface area (TPSA) is 122 Å². The fourth-order valence-corrected chi connectivity index (χ4v) is 1.48. The zero-order chi connectivity index (χ0) is 14.8. The van der Waals surface area contributed by atoms with E-state index < -0.39 is 24.6 Å². The molecule has 0 bridgehead atoms. The minimum absolute atomic E-state index is 0.0900. The molecule has 0 fully saturated rings. The Morgan fingerprint density at radius 3 is 2.47 bits per heavy atom. The molecule has 110 valence electrons. The average Bonchev–Trinajstić information content (AvgIpc) is 2.39. The van der Waals surface area contributed by atoms with E-state index in [1.54, 1.807) is 6.92 Å². The number of aliphatic hydroxyl groups is 1. The van der Waals surface area contributed by atoms with Crippen molar-refractivity contribution in [1.82, 2.24) is 10.6 Å². The van der Waals surface area contributed by atoms with Crippen molar-refractivity contribution in [2.45, 2.75) is 37.9 Å². The van der Waals surface area contributed by atoms with E-state index in [-0.39, 0.29) is 24.1 Å². The molecule has 0 aromatic rings. The van der Waals surface area contributed by atoms with Gasteiger partial charge in [0.1, 0.15) is 18.4 Å². The molecule has 0 aliphatic heterocycles. The number of aldehydes is 1. The fourth-order valence-electron chi connectivity index (χ4n) is 1.23. The summed E-state index contributed by atoms with van der Waals surface area (Å²) in [6.07, 6.45) is 1.15. The summed E-state index contributed by atoms with van der Waals surface area (Å²) < 4.78 is 0. The van der Waals surface area contributed by atoms with Crippen molar-refractivity contribution >= 4 is 30.7 Å². The van der Waals surface area contributed by atoms with Crippen LogP contribution in [-0.2, 0) is 14.4 Å². The summed E-state index contributed by atoms with van der Waals surface area (Å²) in [5.74, 6) is -0.777.